The molecule has 0 saturated carbocycles. The van der Waals surface area contributed by atoms with Gasteiger partial charge in [0.15, 0.2) is 0 Å². The van der Waals surface area contributed by atoms with Gasteiger partial charge in [-0.05, 0) is 41.7 Å². The maximum atomic E-state index is 11.5. The van der Waals surface area contributed by atoms with Crippen LogP contribution in [0.25, 0.3) is 10.1 Å². The van der Waals surface area contributed by atoms with Crippen LogP contribution in [0.15, 0.2) is 36.4 Å². The molecule has 3 heterocycles. The molecule has 0 spiro atoms. The Kier molecular flexibility index (Phi) is 4.70. The summed E-state index contributed by atoms with van der Waals surface area (Å²) in [6.07, 6.45) is 1.22. The SMILES string of the molecule is O=C1Cc2cc(CCN3CCN(c4nsc5ccccc45)CC3)c(Cl)cc2O1. The largest absolute Gasteiger partial charge is 0.426 e. The number of hydrogen-bond acceptors (Lipinski definition) is 6. The van der Waals surface area contributed by atoms with Crippen LogP contribution in [0, 0.1) is 0 Å². The Hall–Kier alpha value is -2.15. The zero-order chi connectivity index (χ0) is 19.1. The predicted molar refractivity (Wildman–Crippen MR) is 113 cm³/mol. The molecule has 5 rings (SSSR count). The molecule has 2 aromatic carbocycles. The fourth-order valence-corrected chi connectivity index (χ4v) is 5.00. The molecular weight excluding hydrogens is 394 g/mol. The van der Waals surface area contributed by atoms with Gasteiger partial charge >= 0.3 is 5.97 Å². The lowest BCUT2D eigenvalue weighted by atomic mass is 10.1. The quantitative estimate of drug-likeness (QED) is 0.481. The first kappa shape index (κ1) is 17.9. The number of benzene rings is 2. The van der Waals surface area contributed by atoms with Crippen molar-refractivity contribution in [2.45, 2.75) is 12.8 Å². The van der Waals surface area contributed by atoms with E-state index in [4.69, 9.17) is 16.3 Å². The van der Waals surface area contributed by atoms with Crippen molar-refractivity contribution >= 4 is 45.0 Å². The molecule has 0 aliphatic carbocycles. The number of halogens is 1. The highest BCUT2D eigenvalue weighted by atomic mass is 35.5. The molecule has 0 amide bonds. The van der Waals surface area contributed by atoms with Crippen molar-refractivity contribution in [1.29, 1.82) is 0 Å². The molecule has 144 valence electrons. The number of esters is 1. The first-order chi connectivity index (χ1) is 13.7. The summed E-state index contributed by atoms with van der Waals surface area (Å²) >= 11 is 7.97. The van der Waals surface area contributed by atoms with E-state index in [1.54, 1.807) is 17.6 Å². The van der Waals surface area contributed by atoms with Crippen LogP contribution in [0.3, 0.4) is 0 Å². The molecule has 0 N–H and O–H groups in total. The normalized spacial score (nSPS) is 17.2. The molecule has 3 aromatic rings. The topological polar surface area (TPSA) is 45.7 Å². The first-order valence-electron chi connectivity index (χ1n) is 9.51. The molecule has 7 heteroatoms. The minimum atomic E-state index is -0.200. The molecule has 0 atom stereocenters. The van der Waals surface area contributed by atoms with E-state index in [0.717, 1.165) is 56.1 Å². The molecule has 0 unspecified atom stereocenters. The summed E-state index contributed by atoms with van der Waals surface area (Å²) in [6.45, 7) is 4.94. The van der Waals surface area contributed by atoms with E-state index in [1.807, 2.05) is 6.07 Å². The second-order valence-electron chi connectivity index (χ2n) is 7.28. The van der Waals surface area contributed by atoms with Gasteiger partial charge in [-0.2, -0.15) is 4.37 Å². The van der Waals surface area contributed by atoms with Crippen LogP contribution >= 0.6 is 23.1 Å². The Balaban J connectivity index is 1.20. The zero-order valence-electron chi connectivity index (χ0n) is 15.4. The number of hydrogen-bond donors (Lipinski definition) is 0. The van der Waals surface area contributed by atoms with Crippen molar-refractivity contribution < 1.29 is 9.53 Å². The number of anilines is 1. The third-order valence-corrected chi connectivity index (χ3v) is 6.68. The minimum Gasteiger partial charge on any atom is -0.426 e. The minimum absolute atomic E-state index is 0.200. The van der Waals surface area contributed by atoms with Crippen LogP contribution in [0.5, 0.6) is 5.75 Å². The molecule has 0 bridgehead atoms. The Morgan fingerprint density at radius 2 is 1.96 bits per heavy atom. The lowest BCUT2D eigenvalue weighted by Gasteiger charge is -2.35. The number of rotatable bonds is 4. The van der Waals surface area contributed by atoms with Crippen LogP contribution in [-0.4, -0.2) is 48.0 Å². The van der Waals surface area contributed by atoms with E-state index in [0.29, 0.717) is 17.2 Å². The highest BCUT2D eigenvalue weighted by Crippen LogP contribution is 2.33. The predicted octanol–water partition coefficient (Wildman–Crippen LogP) is 3.78. The maximum Gasteiger partial charge on any atom is 0.315 e. The monoisotopic (exact) mass is 413 g/mol. The van der Waals surface area contributed by atoms with Crippen molar-refractivity contribution in [1.82, 2.24) is 9.27 Å². The van der Waals surface area contributed by atoms with E-state index in [-0.39, 0.29) is 5.97 Å². The maximum absolute atomic E-state index is 11.5. The van der Waals surface area contributed by atoms with Crippen molar-refractivity contribution in [2.24, 2.45) is 0 Å². The number of aromatic nitrogens is 1. The summed E-state index contributed by atoms with van der Waals surface area (Å²) in [5.41, 5.74) is 2.04. The van der Waals surface area contributed by atoms with Gasteiger partial charge in [0.05, 0.1) is 11.1 Å². The van der Waals surface area contributed by atoms with Gasteiger partial charge in [-0.15, -0.1) is 0 Å². The number of piperazine rings is 1. The molecule has 2 aliphatic rings. The second-order valence-corrected chi connectivity index (χ2v) is 8.50. The third-order valence-electron chi connectivity index (χ3n) is 5.52. The summed E-state index contributed by atoms with van der Waals surface area (Å²) < 4.78 is 11.1. The molecule has 1 aromatic heterocycles. The van der Waals surface area contributed by atoms with Gasteiger partial charge in [0, 0.05) is 54.8 Å². The lowest BCUT2D eigenvalue weighted by molar-refractivity contribution is -0.131. The van der Waals surface area contributed by atoms with Gasteiger partial charge in [-0.25, -0.2) is 0 Å². The van der Waals surface area contributed by atoms with Crippen molar-refractivity contribution in [3.63, 3.8) is 0 Å². The fraction of sp³-hybridized carbons (Fsp3) is 0.333. The summed E-state index contributed by atoms with van der Waals surface area (Å²) in [5.74, 6) is 1.53. The Labute approximate surface area is 172 Å². The highest BCUT2D eigenvalue weighted by Gasteiger charge is 2.23. The van der Waals surface area contributed by atoms with Crippen molar-refractivity contribution in [3.05, 3.63) is 52.5 Å². The molecule has 2 aliphatic heterocycles. The van der Waals surface area contributed by atoms with Crippen molar-refractivity contribution in [2.75, 3.05) is 37.6 Å². The van der Waals surface area contributed by atoms with Crippen molar-refractivity contribution in [3.8, 4) is 5.75 Å². The highest BCUT2D eigenvalue weighted by molar-refractivity contribution is 7.13. The average molecular weight is 414 g/mol. The molecule has 1 saturated heterocycles. The van der Waals surface area contributed by atoms with E-state index in [1.165, 1.54) is 10.1 Å². The number of nitrogens with zero attached hydrogens (tertiary/aromatic N) is 3. The number of carbonyl (C=O) groups is 1. The van der Waals surface area contributed by atoms with Gasteiger partial charge in [0.2, 0.25) is 0 Å². The Morgan fingerprint density at radius 3 is 2.82 bits per heavy atom. The van der Waals surface area contributed by atoms with Crippen LogP contribution in [0.2, 0.25) is 5.02 Å². The Morgan fingerprint density at radius 1 is 1.14 bits per heavy atom. The molecule has 0 radical (unpaired) electrons. The van der Waals surface area contributed by atoms with Gasteiger partial charge in [-0.3, -0.25) is 9.69 Å². The van der Waals surface area contributed by atoms with Gasteiger partial charge in [-0.1, -0.05) is 23.7 Å². The molecular formula is C21H20ClN3O2S. The van der Waals surface area contributed by atoms with Gasteiger partial charge in [0.1, 0.15) is 11.6 Å². The molecule has 5 nitrogen and oxygen atoms in total. The number of fused-ring (bicyclic) bond motifs is 2. The lowest BCUT2D eigenvalue weighted by Crippen LogP contribution is -2.47. The summed E-state index contributed by atoms with van der Waals surface area (Å²) in [7, 11) is 0. The van der Waals surface area contributed by atoms with E-state index >= 15 is 0 Å². The van der Waals surface area contributed by atoms with E-state index < -0.39 is 0 Å². The van der Waals surface area contributed by atoms with Gasteiger partial charge in [0.25, 0.3) is 0 Å². The van der Waals surface area contributed by atoms with Crippen LogP contribution in [-0.2, 0) is 17.6 Å². The number of carbonyl (C=O) groups excluding carboxylic acids is 1. The summed E-state index contributed by atoms with van der Waals surface area (Å²) in [4.78, 5) is 16.3. The Bertz CT molecular complexity index is 1040. The summed E-state index contributed by atoms with van der Waals surface area (Å²) in [6, 6.07) is 12.2. The van der Waals surface area contributed by atoms with Gasteiger partial charge < -0.3 is 9.64 Å². The molecule has 1 fully saturated rings. The fourth-order valence-electron chi connectivity index (χ4n) is 3.95. The second kappa shape index (κ2) is 7.35. The summed E-state index contributed by atoms with van der Waals surface area (Å²) in [5, 5.41) is 1.93. The van der Waals surface area contributed by atoms with Crippen LogP contribution < -0.4 is 9.64 Å². The standard InChI is InChI=1S/C21H20ClN3O2S/c22-17-13-18-15(12-20(26)27-18)11-14(17)5-6-24-7-9-25(10-8-24)21-16-3-1-2-4-19(16)28-23-21/h1-4,11,13H,5-10,12H2. The van der Waals surface area contributed by atoms with E-state index in [2.05, 4.69) is 38.4 Å². The smallest absolute Gasteiger partial charge is 0.315 e. The first-order valence-corrected chi connectivity index (χ1v) is 10.7. The van der Waals surface area contributed by atoms with E-state index in [9.17, 15) is 4.79 Å². The average Bonchev–Trinajstić information content (AvgIpc) is 3.29. The van der Waals surface area contributed by atoms with Crippen LogP contribution in [0.1, 0.15) is 11.1 Å². The van der Waals surface area contributed by atoms with Crippen LogP contribution in [0.4, 0.5) is 5.82 Å². The molecule has 28 heavy (non-hydrogen) atoms. The third kappa shape index (κ3) is 3.36. The zero-order valence-corrected chi connectivity index (χ0v) is 16.9. The number of ether oxygens (including phenoxy) is 1.